The Morgan fingerprint density at radius 3 is 2.88 bits per heavy atom. The van der Waals surface area contributed by atoms with Crippen LogP contribution in [0.5, 0.6) is 0 Å². The molecule has 0 amide bonds. The van der Waals surface area contributed by atoms with Crippen LogP contribution in [0.3, 0.4) is 0 Å². The predicted molar refractivity (Wildman–Crippen MR) is 73.3 cm³/mol. The molecule has 17 heavy (non-hydrogen) atoms. The van der Waals surface area contributed by atoms with Gasteiger partial charge in [-0.2, -0.15) is 0 Å². The first-order chi connectivity index (χ1) is 8.07. The van der Waals surface area contributed by atoms with Crippen LogP contribution >= 0.6 is 0 Å². The van der Waals surface area contributed by atoms with Gasteiger partial charge in [0.1, 0.15) is 0 Å². The van der Waals surface area contributed by atoms with Gasteiger partial charge in [0.15, 0.2) is 0 Å². The van der Waals surface area contributed by atoms with Crippen LogP contribution in [-0.2, 0) is 0 Å². The average molecular weight is 232 g/mol. The van der Waals surface area contributed by atoms with Gasteiger partial charge in [0.05, 0.1) is 11.9 Å². The van der Waals surface area contributed by atoms with Crippen LogP contribution in [0.2, 0.25) is 0 Å². The molecule has 1 aliphatic carbocycles. The maximum absolute atomic E-state index is 4.20. The van der Waals surface area contributed by atoms with Crippen molar-refractivity contribution in [1.29, 1.82) is 0 Å². The average Bonchev–Trinajstić information content (AvgIpc) is 2.44. The van der Waals surface area contributed by atoms with Crippen LogP contribution in [0.25, 0.3) is 0 Å². The number of aryl methyl sites for hydroxylation is 1. The van der Waals surface area contributed by atoms with E-state index in [-0.39, 0.29) is 0 Å². The van der Waals surface area contributed by atoms with Gasteiger partial charge in [0.25, 0.3) is 0 Å². The number of rotatable bonds is 2. The third-order valence-corrected chi connectivity index (χ3v) is 3.97. The third kappa shape index (κ3) is 3.45. The van der Waals surface area contributed by atoms with E-state index in [0.717, 1.165) is 0 Å². The summed E-state index contributed by atoms with van der Waals surface area (Å²) >= 11 is 0. The van der Waals surface area contributed by atoms with E-state index in [2.05, 4.69) is 37.1 Å². The third-order valence-electron chi connectivity index (χ3n) is 3.97. The van der Waals surface area contributed by atoms with Gasteiger partial charge in [-0.05, 0) is 49.7 Å². The second-order valence-corrected chi connectivity index (χ2v) is 6.13. The van der Waals surface area contributed by atoms with Gasteiger partial charge in [-0.25, -0.2) is 0 Å². The largest absolute Gasteiger partial charge is 0.381 e. The lowest BCUT2D eigenvalue weighted by Gasteiger charge is -2.22. The zero-order valence-corrected chi connectivity index (χ0v) is 11.3. The fraction of sp³-hybridized carbons (Fsp3) is 0.667. The minimum Gasteiger partial charge on any atom is -0.381 e. The van der Waals surface area contributed by atoms with Gasteiger partial charge >= 0.3 is 0 Å². The maximum Gasteiger partial charge on any atom is 0.0558 e. The highest BCUT2D eigenvalue weighted by Gasteiger charge is 2.24. The summed E-state index contributed by atoms with van der Waals surface area (Å²) < 4.78 is 0. The van der Waals surface area contributed by atoms with Crippen molar-refractivity contribution in [2.75, 3.05) is 5.32 Å². The summed E-state index contributed by atoms with van der Waals surface area (Å²) in [6.45, 7) is 6.93. The van der Waals surface area contributed by atoms with Crippen LogP contribution < -0.4 is 5.32 Å². The Morgan fingerprint density at radius 2 is 2.12 bits per heavy atom. The molecule has 2 heteroatoms. The normalized spacial score (nSPS) is 24.1. The molecule has 0 bridgehead atoms. The highest BCUT2D eigenvalue weighted by molar-refractivity contribution is 5.48. The van der Waals surface area contributed by atoms with Crippen LogP contribution in [-0.4, -0.2) is 11.0 Å². The number of aromatic nitrogens is 1. The lowest BCUT2D eigenvalue weighted by atomic mass is 9.85. The zero-order chi connectivity index (χ0) is 12.3. The Bertz CT molecular complexity index is 371. The summed E-state index contributed by atoms with van der Waals surface area (Å²) in [5.74, 6) is 0. The zero-order valence-electron chi connectivity index (χ0n) is 11.3. The number of pyridine rings is 1. The summed E-state index contributed by atoms with van der Waals surface area (Å²) in [7, 11) is 0. The Balaban J connectivity index is 1.98. The first-order valence-corrected chi connectivity index (χ1v) is 6.74. The van der Waals surface area contributed by atoms with Crippen LogP contribution in [0, 0.1) is 12.3 Å². The maximum atomic E-state index is 4.20. The predicted octanol–water partition coefficient (Wildman–Crippen LogP) is 4.16. The second-order valence-electron chi connectivity index (χ2n) is 6.13. The van der Waals surface area contributed by atoms with E-state index in [1.807, 2.05) is 12.4 Å². The molecule has 1 N–H and O–H groups in total. The Hall–Kier alpha value is -1.05. The number of anilines is 1. The molecule has 1 aromatic heterocycles. The minimum absolute atomic E-state index is 0.528. The molecule has 1 saturated carbocycles. The minimum atomic E-state index is 0.528. The molecular weight excluding hydrogens is 208 g/mol. The Morgan fingerprint density at radius 1 is 1.29 bits per heavy atom. The Kier molecular flexibility index (Phi) is 3.70. The van der Waals surface area contributed by atoms with Crippen molar-refractivity contribution >= 4 is 5.69 Å². The van der Waals surface area contributed by atoms with Crippen LogP contribution in [0.4, 0.5) is 5.69 Å². The summed E-state index contributed by atoms with van der Waals surface area (Å²) in [6, 6.07) is 2.70. The van der Waals surface area contributed by atoms with E-state index in [9.17, 15) is 0 Å². The molecule has 0 spiro atoms. The van der Waals surface area contributed by atoms with Gasteiger partial charge in [-0.1, -0.05) is 20.3 Å². The smallest absolute Gasteiger partial charge is 0.0558 e. The lowest BCUT2D eigenvalue weighted by Crippen LogP contribution is -2.19. The monoisotopic (exact) mass is 232 g/mol. The first kappa shape index (κ1) is 12.4. The van der Waals surface area contributed by atoms with Crippen LogP contribution in [0.1, 0.15) is 51.5 Å². The highest BCUT2D eigenvalue weighted by atomic mass is 14.9. The van der Waals surface area contributed by atoms with Crippen molar-refractivity contribution < 1.29 is 0 Å². The SMILES string of the molecule is Cc1ccncc1NC1CCCC(C)(C)CC1. The molecule has 2 rings (SSSR count). The molecular formula is C15H24N2. The van der Waals surface area contributed by atoms with Gasteiger partial charge in [0.2, 0.25) is 0 Å². The van der Waals surface area contributed by atoms with E-state index in [1.165, 1.54) is 43.4 Å². The van der Waals surface area contributed by atoms with Crippen molar-refractivity contribution in [1.82, 2.24) is 4.98 Å². The molecule has 1 heterocycles. The van der Waals surface area contributed by atoms with Gasteiger partial charge in [-0.3, -0.25) is 4.98 Å². The van der Waals surface area contributed by atoms with Crippen molar-refractivity contribution in [3.63, 3.8) is 0 Å². The Labute approximate surface area is 105 Å². The van der Waals surface area contributed by atoms with Gasteiger partial charge < -0.3 is 5.32 Å². The van der Waals surface area contributed by atoms with E-state index in [1.54, 1.807) is 0 Å². The van der Waals surface area contributed by atoms with Crippen molar-refractivity contribution in [3.8, 4) is 0 Å². The molecule has 94 valence electrons. The molecule has 0 aromatic carbocycles. The quantitative estimate of drug-likeness (QED) is 0.774. The van der Waals surface area contributed by atoms with E-state index >= 15 is 0 Å². The van der Waals surface area contributed by atoms with E-state index in [4.69, 9.17) is 0 Å². The molecule has 1 aliphatic rings. The number of hydrogen-bond acceptors (Lipinski definition) is 2. The summed E-state index contributed by atoms with van der Waals surface area (Å²) in [6.07, 6.45) is 10.4. The van der Waals surface area contributed by atoms with E-state index in [0.29, 0.717) is 11.5 Å². The standard InChI is InChI=1S/C15H24N2/c1-12-7-10-16-11-14(12)17-13-5-4-8-15(2,3)9-6-13/h7,10-11,13,17H,4-6,8-9H2,1-3H3. The molecule has 0 radical (unpaired) electrons. The highest BCUT2D eigenvalue weighted by Crippen LogP contribution is 2.34. The summed E-state index contributed by atoms with van der Waals surface area (Å²) in [5.41, 5.74) is 3.03. The fourth-order valence-corrected chi connectivity index (χ4v) is 2.64. The van der Waals surface area contributed by atoms with Crippen molar-refractivity contribution in [3.05, 3.63) is 24.0 Å². The topological polar surface area (TPSA) is 24.9 Å². The molecule has 1 unspecified atom stereocenters. The lowest BCUT2D eigenvalue weighted by molar-refractivity contribution is 0.313. The molecule has 1 fully saturated rings. The van der Waals surface area contributed by atoms with Gasteiger partial charge in [0, 0.05) is 12.2 Å². The first-order valence-electron chi connectivity index (χ1n) is 6.74. The molecule has 2 nitrogen and oxygen atoms in total. The molecule has 1 atom stereocenters. The molecule has 1 aromatic rings. The second kappa shape index (κ2) is 5.07. The van der Waals surface area contributed by atoms with Crippen molar-refractivity contribution in [2.45, 2.75) is 58.9 Å². The van der Waals surface area contributed by atoms with Crippen LogP contribution in [0.15, 0.2) is 18.5 Å². The fourth-order valence-electron chi connectivity index (χ4n) is 2.64. The number of nitrogens with one attached hydrogen (secondary N) is 1. The summed E-state index contributed by atoms with van der Waals surface area (Å²) in [5, 5.41) is 3.66. The van der Waals surface area contributed by atoms with E-state index < -0.39 is 0 Å². The van der Waals surface area contributed by atoms with Gasteiger partial charge in [-0.15, -0.1) is 0 Å². The molecule has 0 saturated heterocycles. The van der Waals surface area contributed by atoms with Crippen molar-refractivity contribution in [2.24, 2.45) is 5.41 Å². The number of hydrogen-bond donors (Lipinski definition) is 1. The summed E-state index contributed by atoms with van der Waals surface area (Å²) in [4.78, 5) is 4.20. The molecule has 0 aliphatic heterocycles. The number of nitrogens with zero attached hydrogens (tertiary/aromatic N) is 1.